The third-order valence-corrected chi connectivity index (χ3v) is 3.65. The van der Waals surface area contributed by atoms with Crippen molar-refractivity contribution < 1.29 is 4.79 Å². The SMILES string of the molecule is Cc1cccc(CNC(=O)c2sccc2C#CCN)c1. The molecular weight excluding hydrogens is 268 g/mol. The lowest BCUT2D eigenvalue weighted by Gasteiger charge is -2.05. The van der Waals surface area contributed by atoms with E-state index in [2.05, 4.69) is 23.2 Å². The van der Waals surface area contributed by atoms with Crippen LogP contribution in [-0.4, -0.2) is 12.5 Å². The summed E-state index contributed by atoms with van der Waals surface area (Å²) < 4.78 is 0. The molecule has 102 valence electrons. The van der Waals surface area contributed by atoms with E-state index in [4.69, 9.17) is 5.73 Å². The van der Waals surface area contributed by atoms with Gasteiger partial charge in [0.25, 0.3) is 5.91 Å². The Balaban J connectivity index is 2.04. The smallest absolute Gasteiger partial charge is 0.262 e. The summed E-state index contributed by atoms with van der Waals surface area (Å²) in [5, 5.41) is 4.78. The Labute approximate surface area is 122 Å². The van der Waals surface area contributed by atoms with Gasteiger partial charge < -0.3 is 11.1 Å². The zero-order valence-electron chi connectivity index (χ0n) is 11.3. The van der Waals surface area contributed by atoms with Crippen molar-refractivity contribution in [3.8, 4) is 11.8 Å². The van der Waals surface area contributed by atoms with E-state index in [1.54, 1.807) is 0 Å². The van der Waals surface area contributed by atoms with Crippen molar-refractivity contribution in [3.05, 3.63) is 57.3 Å². The highest BCUT2D eigenvalue weighted by Crippen LogP contribution is 2.15. The van der Waals surface area contributed by atoms with Gasteiger partial charge in [-0.25, -0.2) is 0 Å². The van der Waals surface area contributed by atoms with E-state index in [9.17, 15) is 4.79 Å². The molecule has 2 aromatic rings. The van der Waals surface area contributed by atoms with Gasteiger partial charge in [-0.15, -0.1) is 11.3 Å². The monoisotopic (exact) mass is 284 g/mol. The summed E-state index contributed by atoms with van der Waals surface area (Å²) in [7, 11) is 0. The van der Waals surface area contributed by atoms with Gasteiger partial charge in [0.2, 0.25) is 0 Å². The van der Waals surface area contributed by atoms with Crippen LogP contribution in [0.5, 0.6) is 0 Å². The van der Waals surface area contributed by atoms with Crippen molar-refractivity contribution in [2.45, 2.75) is 13.5 Å². The molecule has 0 radical (unpaired) electrons. The second-order valence-corrected chi connectivity index (χ2v) is 5.26. The second-order valence-electron chi connectivity index (χ2n) is 4.34. The van der Waals surface area contributed by atoms with Crippen LogP contribution in [0.25, 0.3) is 0 Å². The predicted molar refractivity (Wildman–Crippen MR) is 82.6 cm³/mol. The molecule has 0 spiro atoms. The van der Waals surface area contributed by atoms with Crippen LogP contribution >= 0.6 is 11.3 Å². The number of amides is 1. The fraction of sp³-hybridized carbons (Fsp3) is 0.188. The molecule has 0 unspecified atom stereocenters. The van der Waals surface area contributed by atoms with Gasteiger partial charge in [-0.1, -0.05) is 41.7 Å². The Bertz CT molecular complexity index is 664. The van der Waals surface area contributed by atoms with Crippen LogP contribution in [0.1, 0.15) is 26.4 Å². The zero-order chi connectivity index (χ0) is 14.4. The van der Waals surface area contributed by atoms with E-state index in [1.165, 1.54) is 16.9 Å². The molecular formula is C16H16N2OS. The molecule has 1 amide bonds. The first-order valence-corrected chi connectivity index (χ1v) is 7.19. The molecule has 0 fully saturated rings. The van der Waals surface area contributed by atoms with Crippen LogP contribution in [0.3, 0.4) is 0 Å². The fourth-order valence-electron chi connectivity index (χ4n) is 1.81. The Hall–Kier alpha value is -2.09. The molecule has 1 aromatic heterocycles. The highest BCUT2D eigenvalue weighted by molar-refractivity contribution is 7.12. The molecule has 3 N–H and O–H groups in total. The maximum Gasteiger partial charge on any atom is 0.262 e. The molecule has 0 aliphatic rings. The van der Waals surface area contributed by atoms with E-state index in [1.807, 2.05) is 36.6 Å². The van der Waals surface area contributed by atoms with Crippen LogP contribution in [0.15, 0.2) is 35.7 Å². The summed E-state index contributed by atoms with van der Waals surface area (Å²) in [6, 6.07) is 9.92. The van der Waals surface area contributed by atoms with E-state index in [-0.39, 0.29) is 5.91 Å². The first kappa shape index (κ1) is 14.3. The normalized spacial score (nSPS) is 9.70. The first-order valence-electron chi connectivity index (χ1n) is 6.31. The maximum atomic E-state index is 12.1. The number of thiophene rings is 1. The minimum Gasteiger partial charge on any atom is -0.347 e. The summed E-state index contributed by atoms with van der Waals surface area (Å²) >= 11 is 1.39. The lowest BCUT2D eigenvalue weighted by Crippen LogP contribution is -2.22. The molecule has 20 heavy (non-hydrogen) atoms. The number of carbonyl (C=O) groups excluding carboxylic acids is 1. The van der Waals surface area contributed by atoms with Crippen LogP contribution < -0.4 is 11.1 Å². The average Bonchev–Trinajstić information content (AvgIpc) is 2.91. The molecule has 0 saturated carbocycles. The first-order chi connectivity index (χ1) is 9.70. The van der Waals surface area contributed by atoms with Gasteiger partial charge in [-0.05, 0) is 23.9 Å². The fourth-order valence-corrected chi connectivity index (χ4v) is 2.58. The highest BCUT2D eigenvalue weighted by atomic mass is 32.1. The average molecular weight is 284 g/mol. The lowest BCUT2D eigenvalue weighted by atomic mass is 10.1. The number of aryl methyl sites for hydroxylation is 1. The summed E-state index contributed by atoms with van der Waals surface area (Å²) in [4.78, 5) is 12.8. The van der Waals surface area contributed by atoms with E-state index in [0.717, 1.165) is 11.1 Å². The third-order valence-electron chi connectivity index (χ3n) is 2.73. The molecule has 0 bridgehead atoms. The Morgan fingerprint density at radius 3 is 3.00 bits per heavy atom. The van der Waals surface area contributed by atoms with E-state index in [0.29, 0.717) is 18.0 Å². The number of benzene rings is 1. The van der Waals surface area contributed by atoms with Crippen molar-refractivity contribution in [2.24, 2.45) is 5.73 Å². The quantitative estimate of drug-likeness (QED) is 0.850. The molecule has 0 saturated heterocycles. The number of nitrogens with two attached hydrogens (primary N) is 1. The number of hydrogen-bond acceptors (Lipinski definition) is 3. The number of nitrogens with one attached hydrogen (secondary N) is 1. The van der Waals surface area contributed by atoms with Crippen molar-refractivity contribution in [2.75, 3.05) is 6.54 Å². The summed E-state index contributed by atoms with van der Waals surface area (Å²) in [6.45, 7) is 2.84. The van der Waals surface area contributed by atoms with Crippen LogP contribution in [0.4, 0.5) is 0 Å². The van der Waals surface area contributed by atoms with Gasteiger partial charge in [0, 0.05) is 12.1 Å². The van der Waals surface area contributed by atoms with Gasteiger partial charge in [-0.3, -0.25) is 4.79 Å². The van der Waals surface area contributed by atoms with E-state index < -0.39 is 0 Å². The molecule has 0 atom stereocenters. The van der Waals surface area contributed by atoms with Gasteiger partial charge in [0.15, 0.2) is 0 Å². The molecule has 0 aliphatic carbocycles. The summed E-state index contributed by atoms with van der Waals surface area (Å²) in [5.74, 6) is 5.59. The highest BCUT2D eigenvalue weighted by Gasteiger charge is 2.11. The molecule has 3 nitrogen and oxygen atoms in total. The number of rotatable bonds is 3. The molecule has 2 rings (SSSR count). The zero-order valence-corrected chi connectivity index (χ0v) is 12.1. The maximum absolute atomic E-state index is 12.1. The Kier molecular flexibility index (Phi) is 4.94. The van der Waals surface area contributed by atoms with Crippen LogP contribution in [-0.2, 0) is 6.54 Å². The topological polar surface area (TPSA) is 55.1 Å². The van der Waals surface area contributed by atoms with Crippen LogP contribution in [0, 0.1) is 18.8 Å². The molecule has 1 heterocycles. The number of carbonyl (C=O) groups is 1. The molecule has 0 aliphatic heterocycles. The van der Waals surface area contributed by atoms with Gasteiger partial charge in [-0.2, -0.15) is 0 Å². The van der Waals surface area contributed by atoms with Crippen molar-refractivity contribution in [3.63, 3.8) is 0 Å². The van der Waals surface area contributed by atoms with Crippen molar-refractivity contribution in [1.82, 2.24) is 5.32 Å². The largest absolute Gasteiger partial charge is 0.347 e. The number of hydrogen-bond donors (Lipinski definition) is 2. The van der Waals surface area contributed by atoms with Crippen molar-refractivity contribution >= 4 is 17.2 Å². The lowest BCUT2D eigenvalue weighted by molar-refractivity contribution is 0.0955. The van der Waals surface area contributed by atoms with Gasteiger partial charge >= 0.3 is 0 Å². The minimum absolute atomic E-state index is 0.0946. The summed E-state index contributed by atoms with van der Waals surface area (Å²) in [5.41, 5.74) is 8.36. The van der Waals surface area contributed by atoms with Crippen molar-refractivity contribution in [1.29, 1.82) is 0 Å². The Morgan fingerprint density at radius 2 is 2.25 bits per heavy atom. The predicted octanol–water partition coefficient (Wildman–Crippen LogP) is 2.30. The minimum atomic E-state index is -0.0946. The standard InChI is InChI=1S/C16H16N2OS/c1-12-4-2-5-13(10-12)11-18-16(19)15-14(6-3-8-17)7-9-20-15/h2,4-5,7,9-10H,8,11,17H2,1H3,(H,18,19). The van der Waals surface area contributed by atoms with E-state index >= 15 is 0 Å². The molecule has 1 aromatic carbocycles. The van der Waals surface area contributed by atoms with Gasteiger partial charge in [0.1, 0.15) is 4.88 Å². The van der Waals surface area contributed by atoms with Crippen LogP contribution in [0.2, 0.25) is 0 Å². The Morgan fingerprint density at radius 1 is 1.40 bits per heavy atom. The third kappa shape index (κ3) is 3.70. The summed E-state index contributed by atoms with van der Waals surface area (Å²) in [6.07, 6.45) is 0. The molecule has 4 heteroatoms. The van der Waals surface area contributed by atoms with Gasteiger partial charge in [0.05, 0.1) is 6.54 Å². The second kappa shape index (κ2) is 6.90.